The molecule has 0 N–H and O–H groups in total. The Kier molecular flexibility index (Phi) is 2.89. The van der Waals surface area contributed by atoms with Crippen molar-refractivity contribution in [1.82, 2.24) is 4.98 Å². The number of hydrogen-bond donors (Lipinski definition) is 0. The van der Waals surface area contributed by atoms with Gasteiger partial charge in [-0.05, 0) is 18.2 Å². The zero-order chi connectivity index (χ0) is 12.2. The average molecular weight is 230 g/mol. The molecule has 1 nitrogen and oxygen atoms in total. The fourth-order valence-electron chi connectivity index (χ4n) is 1.92. The van der Waals surface area contributed by atoms with Crippen LogP contribution in [0, 0.1) is 6.07 Å². The highest BCUT2D eigenvalue weighted by Gasteiger charge is 2.01. The molecular formula is C17H12N. The number of pyridine rings is 1. The highest BCUT2D eigenvalue weighted by molar-refractivity contribution is 5.65. The summed E-state index contributed by atoms with van der Waals surface area (Å²) in [5.41, 5.74) is 4.25. The van der Waals surface area contributed by atoms with Crippen LogP contribution in [0.25, 0.3) is 22.5 Å². The summed E-state index contributed by atoms with van der Waals surface area (Å²) in [6.45, 7) is 0. The van der Waals surface area contributed by atoms with E-state index in [0.717, 1.165) is 22.5 Å². The third kappa shape index (κ3) is 2.16. The van der Waals surface area contributed by atoms with Crippen LogP contribution >= 0.6 is 0 Å². The molecule has 1 radical (unpaired) electrons. The van der Waals surface area contributed by atoms with Crippen LogP contribution in [-0.2, 0) is 0 Å². The van der Waals surface area contributed by atoms with E-state index in [0.29, 0.717) is 0 Å². The fourth-order valence-corrected chi connectivity index (χ4v) is 1.92. The fraction of sp³-hybridized carbons (Fsp3) is 0. The Balaban J connectivity index is 2.05. The number of nitrogens with zero attached hydrogens (tertiary/aromatic N) is 1. The molecule has 1 heteroatoms. The average Bonchev–Trinajstić information content (AvgIpc) is 2.49. The number of aromatic nitrogens is 1. The molecule has 2 aromatic carbocycles. The molecule has 0 aliphatic heterocycles. The first-order valence-corrected chi connectivity index (χ1v) is 5.92. The quantitative estimate of drug-likeness (QED) is 0.642. The molecule has 0 aliphatic rings. The van der Waals surface area contributed by atoms with Crippen molar-refractivity contribution in [1.29, 1.82) is 0 Å². The second kappa shape index (κ2) is 4.84. The molecule has 18 heavy (non-hydrogen) atoms. The Hall–Kier alpha value is -2.41. The molecule has 3 rings (SSSR count). The van der Waals surface area contributed by atoms with E-state index in [4.69, 9.17) is 4.98 Å². The Morgan fingerprint density at radius 2 is 1.22 bits per heavy atom. The van der Waals surface area contributed by atoms with Crippen molar-refractivity contribution in [2.24, 2.45) is 0 Å². The zero-order valence-corrected chi connectivity index (χ0v) is 9.88. The van der Waals surface area contributed by atoms with Gasteiger partial charge in [-0.15, -0.1) is 0 Å². The van der Waals surface area contributed by atoms with Crippen molar-refractivity contribution >= 4 is 0 Å². The second-order valence-electron chi connectivity index (χ2n) is 4.06. The van der Waals surface area contributed by atoms with Gasteiger partial charge >= 0.3 is 0 Å². The van der Waals surface area contributed by atoms with Crippen molar-refractivity contribution in [3.63, 3.8) is 0 Å². The summed E-state index contributed by atoms with van der Waals surface area (Å²) in [6, 6.07) is 27.2. The van der Waals surface area contributed by atoms with Crippen LogP contribution in [0.1, 0.15) is 0 Å². The minimum Gasteiger partial charge on any atom is -0.248 e. The van der Waals surface area contributed by atoms with Gasteiger partial charge in [0.2, 0.25) is 0 Å². The van der Waals surface area contributed by atoms with Crippen molar-refractivity contribution in [2.45, 2.75) is 0 Å². The van der Waals surface area contributed by atoms with Gasteiger partial charge < -0.3 is 0 Å². The molecule has 85 valence electrons. The van der Waals surface area contributed by atoms with E-state index >= 15 is 0 Å². The summed E-state index contributed by atoms with van der Waals surface area (Å²) in [5, 5.41) is 0. The third-order valence-corrected chi connectivity index (χ3v) is 2.83. The van der Waals surface area contributed by atoms with Crippen molar-refractivity contribution in [3.8, 4) is 22.5 Å². The lowest BCUT2D eigenvalue weighted by molar-refractivity contribution is 1.32. The highest BCUT2D eigenvalue weighted by atomic mass is 14.7. The maximum Gasteiger partial charge on any atom is 0.0709 e. The molecule has 0 saturated carbocycles. The molecule has 0 bridgehead atoms. The van der Waals surface area contributed by atoms with Crippen LogP contribution in [0.4, 0.5) is 0 Å². The van der Waals surface area contributed by atoms with E-state index in [1.165, 1.54) is 0 Å². The van der Waals surface area contributed by atoms with E-state index in [1.807, 2.05) is 60.7 Å². The van der Waals surface area contributed by atoms with Gasteiger partial charge in [0.25, 0.3) is 0 Å². The standard InChI is InChI=1S/C17H12N/c1-3-8-14(9-4-1)16-12-7-13-17(18-16)15-10-5-2-6-11-15/h1,3-13H. The molecule has 0 saturated heterocycles. The van der Waals surface area contributed by atoms with E-state index in [2.05, 4.69) is 18.2 Å². The SMILES string of the molecule is [c]1ccc(-c2cccc(-c3ccccc3)n2)cc1. The van der Waals surface area contributed by atoms with Crippen LogP contribution in [0.2, 0.25) is 0 Å². The molecular weight excluding hydrogens is 218 g/mol. The largest absolute Gasteiger partial charge is 0.248 e. The number of benzene rings is 2. The Morgan fingerprint density at radius 1 is 0.611 bits per heavy atom. The van der Waals surface area contributed by atoms with E-state index in [9.17, 15) is 0 Å². The van der Waals surface area contributed by atoms with Crippen LogP contribution in [-0.4, -0.2) is 4.98 Å². The van der Waals surface area contributed by atoms with Gasteiger partial charge in [-0.3, -0.25) is 0 Å². The van der Waals surface area contributed by atoms with Gasteiger partial charge in [-0.25, -0.2) is 4.98 Å². The van der Waals surface area contributed by atoms with Crippen LogP contribution in [0.15, 0.2) is 72.8 Å². The van der Waals surface area contributed by atoms with Gasteiger partial charge in [-0.1, -0.05) is 60.7 Å². The van der Waals surface area contributed by atoms with Crippen molar-refractivity contribution in [3.05, 3.63) is 78.9 Å². The summed E-state index contributed by atoms with van der Waals surface area (Å²) < 4.78 is 0. The van der Waals surface area contributed by atoms with Gasteiger partial charge in [0, 0.05) is 11.1 Å². The number of rotatable bonds is 2. The summed E-state index contributed by atoms with van der Waals surface area (Å²) in [5.74, 6) is 0. The monoisotopic (exact) mass is 230 g/mol. The maximum absolute atomic E-state index is 4.70. The molecule has 1 aromatic heterocycles. The van der Waals surface area contributed by atoms with Crippen molar-refractivity contribution < 1.29 is 0 Å². The van der Waals surface area contributed by atoms with Crippen LogP contribution < -0.4 is 0 Å². The zero-order valence-electron chi connectivity index (χ0n) is 9.88. The maximum atomic E-state index is 4.70. The van der Waals surface area contributed by atoms with Gasteiger partial charge in [-0.2, -0.15) is 0 Å². The van der Waals surface area contributed by atoms with Gasteiger partial charge in [0.1, 0.15) is 0 Å². The van der Waals surface area contributed by atoms with Crippen LogP contribution in [0.5, 0.6) is 0 Å². The lowest BCUT2D eigenvalue weighted by Crippen LogP contribution is -1.87. The first kappa shape index (κ1) is 10.7. The smallest absolute Gasteiger partial charge is 0.0709 e. The molecule has 0 amide bonds. The summed E-state index contributed by atoms with van der Waals surface area (Å²) in [7, 11) is 0. The predicted octanol–water partition coefficient (Wildman–Crippen LogP) is 4.22. The molecule has 0 spiro atoms. The summed E-state index contributed by atoms with van der Waals surface area (Å²) in [6.07, 6.45) is 0. The van der Waals surface area contributed by atoms with E-state index in [1.54, 1.807) is 0 Å². The van der Waals surface area contributed by atoms with E-state index < -0.39 is 0 Å². The molecule has 3 aromatic rings. The normalized spacial score (nSPS) is 10.2. The Bertz CT molecular complexity index is 575. The minimum absolute atomic E-state index is 0.991. The lowest BCUT2D eigenvalue weighted by Gasteiger charge is -2.04. The van der Waals surface area contributed by atoms with Crippen molar-refractivity contribution in [2.75, 3.05) is 0 Å². The Labute approximate surface area is 107 Å². The second-order valence-corrected chi connectivity index (χ2v) is 4.06. The molecule has 0 fully saturated rings. The molecule has 0 aliphatic carbocycles. The summed E-state index contributed by atoms with van der Waals surface area (Å²) in [4.78, 5) is 4.70. The molecule has 0 atom stereocenters. The first-order chi connectivity index (χ1) is 8.93. The molecule has 1 heterocycles. The van der Waals surface area contributed by atoms with Crippen LogP contribution in [0.3, 0.4) is 0 Å². The molecule has 0 unspecified atom stereocenters. The van der Waals surface area contributed by atoms with E-state index in [-0.39, 0.29) is 0 Å². The topological polar surface area (TPSA) is 12.9 Å². The lowest BCUT2D eigenvalue weighted by atomic mass is 10.1. The predicted molar refractivity (Wildman–Crippen MR) is 73.9 cm³/mol. The minimum atomic E-state index is 0.991. The highest BCUT2D eigenvalue weighted by Crippen LogP contribution is 2.21. The summed E-state index contributed by atoms with van der Waals surface area (Å²) >= 11 is 0. The third-order valence-electron chi connectivity index (χ3n) is 2.83. The van der Waals surface area contributed by atoms with Gasteiger partial charge in [0.05, 0.1) is 11.4 Å². The first-order valence-electron chi connectivity index (χ1n) is 5.92. The Morgan fingerprint density at radius 3 is 1.89 bits per heavy atom. The number of hydrogen-bond acceptors (Lipinski definition) is 1. The van der Waals surface area contributed by atoms with Gasteiger partial charge in [0.15, 0.2) is 0 Å².